The van der Waals surface area contributed by atoms with Gasteiger partial charge >= 0.3 is 5.97 Å². The molecule has 1 aromatic rings. The zero-order chi connectivity index (χ0) is 18.7. The van der Waals surface area contributed by atoms with Gasteiger partial charge in [0.05, 0.1) is 18.7 Å². The quantitative estimate of drug-likeness (QED) is 0.312. The van der Waals surface area contributed by atoms with E-state index in [0.717, 1.165) is 0 Å². The van der Waals surface area contributed by atoms with Crippen LogP contribution < -0.4 is 16.4 Å². The monoisotopic (exact) mass is 367 g/mol. The normalized spacial score (nSPS) is 9.96. The molecule has 136 valence electrons. The Hall–Kier alpha value is -2.55. The fourth-order valence-electron chi connectivity index (χ4n) is 1.72. The molecule has 1 rings (SSSR count). The van der Waals surface area contributed by atoms with Crippen molar-refractivity contribution in [2.24, 2.45) is 5.73 Å². The Morgan fingerprint density at radius 3 is 2.52 bits per heavy atom. The average Bonchev–Trinajstić information content (AvgIpc) is 2.58. The summed E-state index contributed by atoms with van der Waals surface area (Å²) >= 11 is 1.21. The lowest BCUT2D eigenvalue weighted by atomic mass is 10.2. The third-order valence-electron chi connectivity index (χ3n) is 2.89. The van der Waals surface area contributed by atoms with Crippen LogP contribution in [0.1, 0.15) is 30.1 Å². The molecule has 4 N–H and O–H groups in total. The average molecular weight is 367 g/mol. The molecule has 0 atom stereocenters. The van der Waals surface area contributed by atoms with E-state index in [9.17, 15) is 19.2 Å². The predicted molar refractivity (Wildman–Crippen MR) is 92.7 cm³/mol. The van der Waals surface area contributed by atoms with Crippen molar-refractivity contribution < 1.29 is 23.9 Å². The van der Waals surface area contributed by atoms with Gasteiger partial charge < -0.3 is 21.1 Å². The number of esters is 1. The van der Waals surface area contributed by atoms with E-state index in [1.807, 2.05) is 6.92 Å². The first-order valence-corrected chi connectivity index (χ1v) is 8.63. The molecule has 0 aromatic heterocycles. The van der Waals surface area contributed by atoms with E-state index in [2.05, 4.69) is 10.6 Å². The number of carbonyl (C=O) groups excluding carboxylic acids is 4. The maximum absolute atomic E-state index is 12.2. The number of amides is 3. The molecule has 0 aliphatic heterocycles. The molecule has 8 nitrogen and oxygen atoms in total. The van der Waals surface area contributed by atoms with E-state index in [1.54, 1.807) is 24.3 Å². The van der Waals surface area contributed by atoms with Crippen molar-refractivity contribution >= 4 is 35.5 Å². The third-order valence-corrected chi connectivity index (χ3v) is 3.79. The van der Waals surface area contributed by atoms with E-state index in [4.69, 9.17) is 10.5 Å². The molecule has 0 heterocycles. The van der Waals surface area contributed by atoms with Crippen LogP contribution in [0.2, 0.25) is 0 Å². The minimum Gasteiger partial charge on any atom is -0.454 e. The van der Waals surface area contributed by atoms with E-state index >= 15 is 0 Å². The lowest BCUT2D eigenvalue weighted by Crippen LogP contribution is -2.40. The molecule has 9 heteroatoms. The molecule has 0 aliphatic carbocycles. The smallest absolute Gasteiger partial charge is 0.306 e. The maximum atomic E-state index is 12.2. The van der Waals surface area contributed by atoms with Crippen molar-refractivity contribution in [3.8, 4) is 0 Å². The first-order valence-electron chi connectivity index (χ1n) is 7.64. The summed E-state index contributed by atoms with van der Waals surface area (Å²) in [6, 6.07) is 6.77. The zero-order valence-corrected chi connectivity index (χ0v) is 14.7. The summed E-state index contributed by atoms with van der Waals surface area (Å²) in [6.07, 6.45) is 1.06. The van der Waals surface area contributed by atoms with E-state index < -0.39 is 17.7 Å². The van der Waals surface area contributed by atoms with Gasteiger partial charge in [-0.3, -0.25) is 19.2 Å². The lowest BCUT2D eigenvalue weighted by Gasteiger charge is -2.10. The van der Waals surface area contributed by atoms with Crippen LogP contribution in [-0.2, 0) is 19.1 Å². The van der Waals surface area contributed by atoms with Crippen LogP contribution in [-0.4, -0.2) is 42.7 Å². The topological polar surface area (TPSA) is 128 Å². The van der Waals surface area contributed by atoms with Gasteiger partial charge in [-0.25, -0.2) is 0 Å². The van der Waals surface area contributed by atoms with Crippen molar-refractivity contribution in [3.63, 3.8) is 0 Å². The number of ether oxygens (including phenoxy) is 1. The van der Waals surface area contributed by atoms with Crippen LogP contribution in [0.25, 0.3) is 0 Å². The number of thioether (sulfide) groups is 1. The van der Waals surface area contributed by atoms with Gasteiger partial charge in [-0.1, -0.05) is 30.8 Å². The van der Waals surface area contributed by atoms with Crippen LogP contribution >= 0.6 is 11.8 Å². The number of nitrogens with two attached hydrogens (primary N) is 1. The van der Waals surface area contributed by atoms with Gasteiger partial charge in [0.2, 0.25) is 11.8 Å². The summed E-state index contributed by atoms with van der Waals surface area (Å²) in [7, 11) is 0. The van der Waals surface area contributed by atoms with Gasteiger partial charge in [0.1, 0.15) is 5.94 Å². The second-order valence-electron chi connectivity index (χ2n) is 4.95. The molecule has 0 radical (unpaired) electrons. The highest BCUT2D eigenvalue weighted by Crippen LogP contribution is 2.22. The van der Waals surface area contributed by atoms with Crippen molar-refractivity contribution in [2.45, 2.75) is 24.7 Å². The van der Waals surface area contributed by atoms with Crippen molar-refractivity contribution in [1.82, 2.24) is 10.6 Å². The first kappa shape index (κ1) is 20.5. The van der Waals surface area contributed by atoms with Gasteiger partial charge in [0, 0.05) is 11.3 Å². The zero-order valence-electron chi connectivity index (χ0n) is 13.9. The molecule has 0 unspecified atom stereocenters. The Balaban J connectivity index is 2.54. The second-order valence-corrected chi connectivity index (χ2v) is 5.91. The highest BCUT2D eigenvalue weighted by atomic mass is 32.2. The summed E-state index contributed by atoms with van der Waals surface area (Å²) in [5, 5.41) is 4.73. The number of primary amides is 1. The summed E-state index contributed by atoms with van der Waals surface area (Å²) in [5.74, 6) is -1.83. The largest absolute Gasteiger partial charge is 0.454 e. The number of carbonyl (C=O) groups is 4. The molecule has 0 bridgehead atoms. The van der Waals surface area contributed by atoms with Gasteiger partial charge in [-0.05, 0) is 18.6 Å². The molecule has 1 aromatic carbocycles. The van der Waals surface area contributed by atoms with Crippen molar-refractivity contribution in [3.05, 3.63) is 29.8 Å². The van der Waals surface area contributed by atoms with Crippen LogP contribution in [0.3, 0.4) is 0 Å². The van der Waals surface area contributed by atoms with Gasteiger partial charge in [0.25, 0.3) is 5.91 Å². The van der Waals surface area contributed by atoms with E-state index in [1.165, 1.54) is 11.8 Å². The van der Waals surface area contributed by atoms with Crippen molar-refractivity contribution in [1.29, 1.82) is 0 Å². The Labute approximate surface area is 149 Å². The minimum atomic E-state index is -0.668. The van der Waals surface area contributed by atoms with Crippen LogP contribution in [0, 0.1) is 0 Å². The fourth-order valence-corrected chi connectivity index (χ4v) is 2.53. The summed E-state index contributed by atoms with van der Waals surface area (Å²) < 4.78 is 5.06. The molecule has 0 saturated heterocycles. The Bertz CT molecular complexity index is 636. The minimum absolute atomic E-state index is 0.0994. The van der Waals surface area contributed by atoms with E-state index in [-0.39, 0.29) is 25.0 Å². The molecular formula is C16H21N3O5S. The van der Waals surface area contributed by atoms with Crippen molar-refractivity contribution in [2.75, 3.05) is 19.0 Å². The Morgan fingerprint density at radius 2 is 1.84 bits per heavy atom. The molecule has 0 spiro atoms. The molecule has 0 aliphatic rings. The Morgan fingerprint density at radius 1 is 1.12 bits per heavy atom. The van der Waals surface area contributed by atoms with Crippen LogP contribution in [0.4, 0.5) is 0 Å². The number of hydrogen-bond donors (Lipinski definition) is 3. The first-order chi connectivity index (χ1) is 11.9. The summed E-state index contributed by atoms with van der Waals surface area (Å²) in [6.45, 7) is 1.31. The number of hydrogen-bond acceptors (Lipinski definition) is 6. The fraction of sp³-hybridized carbons (Fsp3) is 0.375. The highest BCUT2D eigenvalue weighted by molar-refractivity contribution is 7.99. The van der Waals surface area contributed by atoms with E-state index in [0.29, 0.717) is 23.3 Å². The predicted octanol–water partition coefficient (Wildman–Crippen LogP) is 0.411. The standard InChI is InChI=1S/C16H21N3O5S/c1-2-5-15(22)24-10-25-12-7-4-3-6-11(12)16(23)19-9-14(21)18-8-13(17)20/h3-4,6-7H,2,5,8-10H2,1H3,(H2,17,20)(H,18,21)(H,19,23). The molecule has 25 heavy (non-hydrogen) atoms. The summed E-state index contributed by atoms with van der Waals surface area (Å²) in [4.78, 5) is 46.2. The van der Waals surface area contributed by atoms with Gasteiger partial charge in [-0.15, -0.1) is 0 Å². The molecule has 3 amide bonds. The SMILES string of the molecule is CCCC(=O)OCSc1ccccc1C(=O)NCC(=O)NCC(N)=O. The van der Waals surface area contributed by atoms with Crippen LogP contribution in [0.5, 0.6) is 0 Å². The second kappa shape index (κ2) is 11.1. The number of rotatable bonds is 10. The maximum Gasteiger partial charge on any atom is 0.306 e. The molecule has 0 saturated carbocycles. The molecular weight excluding hydrogens is 346 g/mol. The Kier molecular flexibility index (Phi) is 9.09. The third kappa shape index (κ3) is 8.20. The van der Waals surface area contributed by atoms with Crippen LogP contribution in [0.15, 0.2) is 29.2 Å². The molecule has 0 fully saturated rings. The number of nitrogens with one attached hydrogen (secondary N) is 2. The number of benzene rings is 1. The van der Waals surface area contributed by atoms with Gasteiger partial charge in [0.15, 0.2) is 0 Å². The lowest BCUT2D eigenvalue weighted by molar-refractivity contribution is -0.141. The van der Waals surface area contributed by atoms with Gasteiger partial charge in [-0.2, -0.15) is 0 Å². The highest BCUT2D eigenvalue weighted by Gasteiger charge is 2.13. The summed E-state index contributed by atoms with van der Waals surface area (Å²) in [5.41, 5.74) is 5.28.